The molecule has 0 radical (unpaired) electrons. The lowest BCUT2D eigenvalue weighted by molar-refractivity contribution is 0.356. The van der Waals surface area contributed by atoms with Gasteiger partial charge in [0.1, 0.15) is 0 Å². The lowest BCUT2D eigenvalue weighted by atomic mass is 9.91. The van der Waals surface area contributed by atoms with Crippen molar-refractivity contribution in [2.24, 2.45) is 11.8 Å². The Hall–Kier alpha value is -0.830. The maximum Gasteiger partial charge on any atom is 0.0596 e. The summed E-state index contributed by atoms with van der Waals surface area (Å²) in [5.74, 6) is 1.76. The Morgan fingerprint density at radius 3 is 2.79 bits per heavy atom. The van der Waals surface area contributed by atoms with Crippen molar-refractivity contribution in [3.05, 3.63) is 17.5 Å². The molecule has 2 aliphatic rings. The molecule has 0 aromatic carbocycles. The van der Waals surface area contributed by atoms with Crippen LogP contribution >= 0.6 is 0 Å². The van der Waals surface area contributed by atoms with Crippen LogP contribution in [0.3, 0.4) is 0 Å². The third-order valence-corrected chi connectivity index (χ3v) is 4.82. The lowest BCUT2D eigenvalue weighted by Gasteiger charge is -2.20. The van der Waals surface area contributed by atoms with Gasteiger partial charge in [0.25, 0.3) is 0 Å². The summed E-state index contributed by atoms with van der Waals surface area (Å²) in [6.07, 6.45) is 8.28. The summed E-state index contributed by atoms with van der Waals surface area (Å²) < 4.78 is 2.19. The zero-order chi connectivity index (χ0) is 13.2. The molecule has 0 amide bonds. The fourth-order valence-electron chi connectivity index (χ4n) is 3.56. The van der Waals surface area contributed by atoms with Crippen LogP contribution in [0.1, 0.15) is 50.4 Å². The predicted octanol–water partition coefficient (Wildman–Crippen LogP) is 2.92. The minimum atomic E-state index is 0.852. The average molecular weight is 261 g/mol. The normalized spacial score (nSPS) is 27.1. The van der Waals surface area contributed by atoms with Gasteiger partial charge in [-0.15, -0.1) is 0 Å². The molecule has 106 valence electrons. The van der Waals surface area contributed by atoms with Crippen LogP contribution in [0.4, 0.5) is 0 Å². The smallest absolute Gasteiger partial charge is 0.0596 e. The molecule has 1 heterocycles. The second-order valence-corrected chi connectivity index (χ2v) is 6.43. The minimum absolute atomic E-state index is 0.852. The average Bonchev–Trinajstić information content (AvgIpc) is 3.02. The first kappa shape index (κ1) is 13.2. The van der Waals surface area contributed by atoms with Crippen molar-refractivity contribution in [1.29, 1.82) is 0 Å². The molecular weight excluding hydrogens is 234 g/mol. The van der Waals surface area contributed by atoms with Crippen LogP contribution in [0.15, 0.2) is 6.07 Å². The minimum Gasteiger partial charge on any atom is -0.314 e. The van der Waals surface area contributed by atoms with Gasteiger partial charge in [-0.2, -0.15) is 5.10 Å². The summed E-state index contributed by atoms with van der Waals surface area (Å²) >= 11 is 0. The number of aromatic nitrogens is 2. The first-order valence-corrected chi connectivity index (χ1v) is 8.03. The molecule has 0 aliphatic heterocycles. The summed E-state index contributed by atoms with van der Waals surface area (Å²) in [4.78, 5) is 0. The van der Waals surface area contributed by atoms with Crippen LogP contribution in [0.25, 0.3) is 0 Å². The van der Waals surface area contributed by atoms with Crippen molar-refractivity contribution in [2.75, 3.05) is 6.54 Å². The number of rotatable bonds is 6. The summed E-state index contributed by atoms with van der Waals surface area (Å²) in [6.45, 7) is 6.54. The van der Waals surface area contributed by atoms with Gasteiger partial charge >= 0.3 is 0 Å². The molecule has 2 unspecified atom stereocenters. The van der Waals surface area contributed by atoms with E-state index in [0.29, 0.717) is 0 Å². The Bertz CT molecular complexity index is 420. The Balaban J connectivity index is 1.60. The van der Waals surface area contributed by atoms with Gasteiger partial charge in [0.2, 0.25) is 0 Å². The van der Waals surface area contributed by atoms with Gasteiger partial charge in [-0.25, -0.2) is 0 Å². The van der Waals surface area contributed by atoms with Crippen LogP contribution in [0.2, 0.25) is 0 Å². The maximum atomic E-state index is 4.58. The monoisotopic (exact) mass is 261 g/mol. The molecule has 2 fully saturated rings. The van der Waals surface area contributed by atoms with Crippen LogP contribution in [-0.4, -0.2) is 22.4 Å². The molecule has 2 atom stereocenters. The van der Waals surface area contributed by atoms with Crippen LogP contribution in [0.5, 0.6) is 0 Å². The van der Waals surface area contributed by atoms with Crippen molar-refractivity contribution >= 4 is 0 Å². The highest BCUT2D eigenvalue weighted by atomic mass is 15.3. The summed E-state index contributed by atoms with van der Waals surface area (Å²) in [7, 11) is 0. The van der Waals surface area contributed by atoms with Crippen molar-refractivity contribution in [1.82, 2.24) is 15.1 Å². The van der Waals surface area contributed by atoms with Gasteiger partial charge in [-0.1, -0.05) is 6.42 Å². The molecule has 0 bridgehead atoms. The molecule has 2 saturated carbocycles. The first-order valence-electron chi connectivity index (χ1n) is 8.03. The molecule has 1 aromatic heterocycles. The lowest BCUT2D eigenvalue weighted by Crippen LogP contribution is -2.28. The van der Waals surface area contributed by atoms with E-state index in [2.05, 4.69) is 35.0 Å². The number of hydrogen-bond acceptors (Lipinski definition) is 2. The molecule has 0 saturated heterocycles. The van der Waals surface area contributed by atoms with E-state index in [-0.39, 0.29) is 0 Å². The fourth-order valence-corrected chi connectivity index (χ4v) is 3.56. The van der Waals surface area contributed by atoms with E-state index in [4.69, 9.17) is 0 Å². The molecule has 0 spiro atoms. The highest BCUT2D eigenvalue weighted by molar-refractivity contribution is 5.10. The topological polar surface area (TPSA) is 29.9 Å². The van der Waals surface area contributed by atoms with E-state index in [9.17, 15) is 0 Å². The maximum absolute atomic E-state index is 4.58. The quantitative estimate of drug-likeness (QED) is 0.853. The second-order valence-electron chi connectivity index (χ2n) is 6.43. The van der Waals surface area contributed by atoms with Gasteiger partial charge < -0.3 is 5.32 Å². The number of nitrogens with one attached hydrogen (secondary N) is 1. The molecular formula is C16H27N3. The third kappa shape index (κ3) is 3.19. The largest absolute Gasteiger partial charge is 0.314 e. The molecule has 1 N–H and O–H groups in total. The standard InChI is InChI=1S/C16H27N3/c1-3-19-16(9-12(2)18-19)10-13-5-4-6-14(13)11-17-15-7-8-15/h9,13-15,17H,3-8,10-11H2,1-2H3. The van der Waals surface area contributed by atoms with Gasteiger partial charge in [0.05, 0.1) is 5.69 Å². The number of aryl methyl sites for hydroxylation is 2. The Labute approximate surface area is 116 Å². The molecule has 1 aromatic rings. The van der Waals surface area contributed by atoms with Crippen molar-refractivity contribution < 1.29 is 0 Å². The third-order valence-electron chi connectivity index (χ3n) is 4.82. The molecule has 2 aliphatic carbocycles. The van der Waals surface area contributed by atoms with Gasteiger partial charge in [0, 0.05) is 18.3 Å². The van der Waals surface area contributed by atoms with Crippen molar-refractivity contribution in [2.45, 2.75) is 65.0 Å². The molecule has 3 rings (SSSR count). The predicted molar refractivity (Wildman–Crippen MR) is 78.2 cm³/mol. The van der Waals surface area contributed by atoms with Crippen molar-refractivity contribution in [3.8, 4) is 0 Å². The van der Waals surface area contributed by atoms with E-state index < -0.39 is 0 Å². The van der Waals surface area contributed by atoms with Crippen LogP contribution in [0, 0.1) is 18.8 Å². The Morgan fingerprint density at radius 1 is 1.26 bits per heavy atom. The van der Waals surface area contributed by atoms with Crippen LogP contribution < -0.4 is 5.32 Å². The van der Waals surface area contributed by atoms with E-state index in [0.717, 1.165) is 24.4 Å². The zero-order valence-electron chi connectivity index (χ0n) is 12.4. The van der Waals surface area contributed by atoms with E-state index in [1.54, 1.807) is 0 Å². The first-order chi connectivity index (χ1) is 9.26. The van der Waals surface area contributed by atoms with Crippen LogP contribution in [-0.2, 0) is 13.0 Å². The SMILES string of the molecule is CCn1nc(C)cc1CC1CCCC1CNC1CC1. The van der Waals surface area contributed by atoms with E-state index in [1.807, 2.05) is 0 Å². The summed E-state index contributed by atoms with van der Waals surface area (Å²) in [5, 5.41) is 8.31. The van der Waals surface area contributed by atoms with Gasteiger partial charge in [-0.3, -0.25) is 4.68 Å². The summed E-state index contributed by atoms with van der Waals surface area (Å²) in [6, 6.07) is 3.14. The summed E-state index contributed by atoms with van der Waals surface area (Å²) in [5.41, 5.74) is 2.62. The van der Waals surface area contributed by atoms with E-state index >= 15 is 0 Å². The highest BCUT2D eigenvalue weighted by Crippen LogP contribution is 2.34. The molecule has 3 heteroatoms. The Kier molecular flexibility index (Phi) is 3.92. The second kappa shape index (κ2) is 5.66. The van der Waals surface area contributed by atoms with E-state index in [1.165, 1.54) is 56.5 Å². The van der Waals surface area contributed by atoms with Gasteiger partial charge in [0.15, 0.2) is 0 Å². The van der Waals surface area contributed by atoms with Crippen molar-refractivity contribution in [3.63, 3.8) is 0 Å². The van der Waals surface area contributed by atoms with Gasteiger partial charge in [-0.05, 0) is 70.4 Å². The Morgan fingerprint density at radius 2 is 2.05 bits per heavy atom. The molecule has 19 heavy (non-hydrogen) atoms. The highest BCUT2D eigenvalue weighted by Gasteiger charge is 2.30. The fraction of sp³-hybridized carbons (Fsp3) is 0.812. The number of hydrogen-bond donors (Lipinski definition) is 1. The molecule has 3 nitrogen and oxygen atoms in total. The zero-order valence-corrected chi connectivity index (χ0v) is 12.4. The number of nitrogens with zero attached hydrogens (tertiary/aromatic N) is 2.